The van der Waals surface area contributed by atoms with E-state index in [0.29, 0.717) is 0 Å². The Morgan fingerprint density at radius 3 is 1.90 bits per heavy atom. The molecule has 1 aliphatic rings. The number of hydrogen-bond acceptors (Lipinski definition) is 6. The van der Waals surface area contributed by atoms with Crippen molar-refractivity contribution < 1.29 is 23.9 Å². The molecule has 1 N–H and O–H groups in total. The normalized spacial score (nSPS) is 12.7. The molecule has 0 aliphatic carbocycles. The number of H-pyrrole nitrogens is 1. The number of unbranched alkanes of at least 4 members (excludes halogenated alkanes) is 14. The maximum absolute atomic E-state index is 13.2. The molecular weight excluding hydrogens is 494 g/mol. The fraction of sp³-hybridized carbons (Fsp3) is 0.581. The second-order valence-corrected chi connectivity index (χ2v) is 10.4. The van der Waals surface area contributed by atoms with Gasteiger partial charge in [0.1, 0.15) is 17.0 Å². The molecule has 0 unspecified atom stereocenters. The van der Waals surface area contributed by atoms with Gasteiger partial charge in [-0.15, -0.1) is 0 Å². The van der Waals surface area contributed by atoms with Crippen LogP contribution in [0.2, 0.25) is 0 Å². The molecule has 1 aliphatic heterocycles. The zero-order valence-electron chi connectivity index (χ0n) is 23.6. The third-order valence-electron chi connectivity index (χ3n) is 7.42. The van der Waals surface area contributed by atoms with E-state index in [1.807, 2.05) is 0 Å². The average Bonchev–Trinajstić information content (AvgIpc) is 3.49. The Labute approximate surface area is 231 Å². The van der Waals surface area contributed by atoms with E-state index < -0.39 is 17.8 Å². The highest BCUT2D eigenvalue weighted by Gasteiger charge is 2.43. The van der Waals surface area contributed by atoms with Crippen LogP contribution in [0.15, 0.2) is 24.3 Å². The summed E-state index contributed by atoms with van der Waals surface area (Å²) in [6.07, 6.45) is 18.9. The van der Waals surface area contributed by atoms with Gasteiger partial charge >= 0.3 is 5.97 Å². The first-order valence-corrected chi connectivity index (χ1v) is 14.7. The number of rotatable bonds is 19. The number of nitrogens with one attached hydrogen (secondary N) is 1. The molecule has 2 amide bonds. The fourth-order valence-electron chi connectivity index (χ4n) is 5.17. The maximum Gasteiger partial charge on any atom is 0.339 e. The summed E-state index contributed by atoms with van der Waals surface area (Å²) in [5.41, 5.74) is 0.146. The monoisotopic (exact) mass is 537 g/mol. The molecule has 39 heavy (non-hydrogen) atoms. The second-order valence-electron chi connectivity index (χ2n) is 10.4. The van der Waals surface area contributed by atoms with Crippen LogP contribution >= 0.6 is 0 Å². The van der Waals surface area contributed by atoms with Gasteiger partial charge in [-0.2, -0.15) is 5.10 Å². The van der Waals surface area contributed by atoms with Crippen LogP contribution in [0, 0.1) is 0 Å². The Morgan fingerprint density at radius 1 is 0.795 bits per heavy atom. The largest absolute Gasteiger partial charge is 0.465 e. The van der Waals surface area contributed by atoms with Crippen molar-refractivity contribution in [3.05, 3.63) is 46.8 Å². The standard InChI is InChI=1S/C31H43N3O5/c1-3-4-5-6-7-8-9-10-11-12-13-14-15-16-17-22-25(35)27-26-28(33-32-27)30(37)34(29(26)36)24-21-19-18-20-23(24)31(38)39-2/h18-21H,3-17,22H2,1-2H3,(H,32,33). The SMILES string of the molecule is CCCCCCCCCCCCCCCCCC(=O)c1n[nH]c2c1C(=O)N(c1ccccc1C(=O)OC)C2=O. The number of carbonyl (C=O) groups excluding carboxylic acids is 4. The average molecular weight is 538 g/mol. The highest BCUT2D eigenvalue weighted by molar-refractivity contribution is 6.36. The highest BCUT2D eigenvalue weighted by Crippen LogP contribution is 2.32. The Balaban J connectivity index is 1.37. The highest BCUT2D eigenvalue weighted by atomic mass is 16.5. The summed E-state index contributed by atoms with van der Waals surface area (Å²) in [7, 11) is 1.23. The first kappa shape index (κ1) is 30.3. The van der Waals surface area contributed by atoms with Crippen LogP contribution in [0.3, 0.4) is 0 Å². The second kappa shape index (κ2) is 16.0. The lowest BCUT2D eigenvalue weighted by molar-refractivity contribution is 0.0601. The van der Waals surface area contributed by atoms with Crippen molar-refractivity contribution in [1.82, 2.24) is 10.2 Å². The number of para-hydroxylation sites is 1. The van der Waals surface area contributed by atoms with Crippen LogP contribution in [0.25, 0.3) is 0 Å². The quantitative estimate of drug-likeness (QED) is 0.0863. The van der Waals surface area contributed by atoms with Crippen LogP contribution in [0.5, 0.6) is 0 Å². The minimum absolute atomic E-state index is 0.00763. The number of amides is 2. The summed E-state index contributed by atoms with van der Waals surface area (Å²) in [5.74, 6) is -2.24. The van der Waals surface area contributed by atoms with E-state index in [-0.39, 0.29) is 40.4 Å². The Morgan fingerprint density at radius 2 is 1.33 bits per heavy atom. The lowest BCUT2D eigenvalue weighted by atomic mass is 10.0. The summed E-state index contributed by atoms with van der Waals surface area (Å²) >= 11 is 0. The molecule has 0 spiro atoms. The molecule has 8 heteroatoms. The van der Waals surface area contributed by atoms with Gasteiger partial charge < -0.3 is 4.74 Å². The van der Waals surface area contributed by atoms with Crippen LogP contribution < -0.4 is 4.90 Å². The number of benzene rings is 1. The predicted molar refractivity (Wildman–Crippen MR) is 151 cm³/mol. The number of Topliss-reactive ketones (excluding diaryl/α,β-unsaturated/α-hetero) is 1. The number of anilines is 1. The van der Waals surface area contributed by atoms with Crippen molar-refractivity contribution in [2.75, 3.05) is 12.0 Å². The number of fused-ring (bicyclic) bond motifs is 1. The molecule has 0 bridgehead atoms. The number of esters is 1. The summed E-state index contributed by atoms with van der Waals surface area (Å²) in [6.45, 7) is 2.25. The summed E-state index contributed by atoms with van der Waals surface area (Å²) < 4.78 is 4.78. The first-order chi connectivity index (χ1) is 19.0. The van der Waals surface area contributed by atoms with Crippen molar-refractivity contribution >= 4 is 29.3 Å². The first-order valence-electron chi connectivity index (χ1n) is 14.7. The van der Waals surface area contributed by atoms with Gasteiger partial charge in [0.25, 0.3) is 11.8 Å². The number of carbonyl (C=O) groups is 4. The van der Waals surface area contributed by atoms with Crippen molar-refractivity contribution in [1.29, 1.82) is 0 Å². The molecule has 0 saturated carbocycles. The summed E-state index contributed by atoms with van der Waals surface area (Å²) in [4.78, 5) is 52.1. The number of aromatic nitrogens is 2. The van der Waals surface area contributed by atoms with E-state index >= 15 is 0 Å². The number of hydrogen-bond donors (Lipinski definition) is 1. The molecule has 0 fully saturated rings. The molecule has 0 radical (unpaired) electrons. The molecule has 3 rings (SSSR count). The van der Waals surface area contributed by atoms with Crippen LogP contribution in [0.4, 0.5) is 5.69 Å². The van der Waals surface area contributed by atoms with Gasteiger partial charge in [0, 0.05) is 6.42 Å². The molecule has 8 nitrogen and oxygen atoms in total. The molecule has 2 heterocycles. The van der Waals surface area contributed by atoms with E-state index in [1.54, 1.807) is 12.1 Å². The van der Waals surface area contributed by atoms with Crippen LogP contribution in [0.1, 0.15) is 151 Å². The van der Waals surface area contributed by atoms with Crippen molar-refractivity contribution in [2.24, 2.45) is 0 Å². The molecule has 2 aromatic rings. The zero-order valence-corrected chi connectivity index (χ0v) is 23.6. The Kier molecular flexibility index (Phi) is 12.4. The lowest BCUT2D eigenvalue weighted by Gasteiger charge is -2.17. The number of imide groups is 1. The molecule has 0 saturated heterocycles. The number of nitrogens with zero attached hydrogens (tertiary/aromatic N) is 2. The number of aromatic amines is 1. The Hall–Kier alpha value is -3.29. The van der Waals surface area contributed by atoms with Crippen molar-refractivity contribution in [3.8, 4) is 0 Å². The zero-order chi connectivity index (χ0) is 28.0. The van der Waals surface area contributed by atoms with Gasteiger partial charge in [-0.3, -0.25) is 19.5 Å². The fourth-order valence-corrected chi connectivity index (χ4v) is 5.17. The lowest BCUT2D eigenvalue weighted by Crippen LogP contribution is -2.32. The molecule has 212 valence electrons. The van der Waals surface area contributed by atoms with Gasteiger partial charge in [0.05, 0.1) is 18.4 Å². The van der Waals surface area contributed by atoms with Crippen LogP contribution in [-0.2, 0) is 4.74 Å². The predicted octanol–water partition coefficient (Wildman–Crippen LogP) is 7.44. The minimum Gasteiger partial charge on any atom is -0.465 e. The number of ether oxygens (including phenoxy) is 1. The van der Waals surface area contributed by atoms with Gasteiger partial charge in [-0.25, -0.2) is 9.69 Å². The Bertz CT molecular complexity index is 1120. The van der Waals surface area contributed by atoms with Gasteiger partial charge in [-0.1, -0.05) is 109 Å². The molecule has 0 atom stereocenters. The maximum atomic E-state index is 13.2. The van der Waals surface area contributed by atoms with Crippen molar-refractivity contribution in [2.45, 2.75) is 110 Å². The van der Waals surface area contributed by atoms with E-state index in [1.165, 1.54) is 96.3 Å². The topological polar surface area (TPSA) is 109 Å². The van der Waals surface area contributed by atoms with E-state index in [2.05, 4.69) is 17.1 Å². The summed E-state index contributed by atoms with van der Waals surface area (Å²) in [6, 6.07) is 6.22. The minimum atomic E-state index is -0.667. The van der Waals surface area contributed by atoms with Crippen molar-refractivity contribution in [3.63, 3.8) is 0 Å². The smallest absolute Gasteiger partial charge is 0.339 e. The number of ketones is 1. The van der Waals surface area contributed by atoms with Gasteiger partial charge in [-0.05, 0) is 18.6 Å². The van der Waals surface area contributed by atoms with E-state index in [9.17, 15) is 19.2 Å². The third-order valence-corrected chi connectivity index (χ3v) is 7.42. The van der Waals surface area contributed by atoms with Crippen LogP contribution in [-0.4, -0.2) is 40.9 Å². The van der Waals surface area contributed by atoms with E-state index in [0.717, 1.165) is 24.2 Å². The summed E-state index contributed by atoms with van der Waals surface area (Å²) in [5, 5.41) is 6.56. The van der Waals surface area contributed by atoms with E-state index in [4.69, 9.17) is 4.74 Å². The molecular formula is C31H43N3O5. The third kappa shape index (κ3) is 8.10. The molecule has 1 aromatic heterocycles. The van der Waals surface area contributed by atoms with Gasteiger partial charge in [0.2, 0.25) is 0 Å². The number of methoxy groups -OCH3 is 1. The van der Waals surface area contributed by atoms with Gasteiger partial charge in [0.15, 0.2) is 5.78 Å². The molecule has 1 aromatic carbocycles.